The topological polar surface area (TPSA) is 58.6 Å². The highest BCUT2D eigenvalue weighted by molar-refractivity contribution is 14.1. The summed E-state index contributed by atoms with van der Waals surface area (Å²) >= 11 is 2.17. The number of nitrogens with zero attached hydrogens (tertiary/aromatic N) is 1. The highest BCUT2D eigenvalue weighted by Crippen LogP contribution is 2.35. The fraction of sp³-hybridized carbons (Fsp3) is 0.259. The van der Waals surface area contributed by atoms with Crippen LogP contribution < -0.4 is 10.2 Å². The molecule has 1 unspecified atom stereocenters. The molecule has 3 aromatic rings. The van der Waals surface area contributed by atoms with Gasteiger partial charge in [0, 0.05) is 28.0 Å². The Morgan fingerprint density at radius 1 is 0.939 bits per heavy atom. The van der Waals surface area contributed by atoms with E-state index in [0.717, 1.165) is 46.4 Å². The lowest BCUT2D eigenvalue weighted by molar-refractivity contribution is -0.144. The van der Waals surface area contributed by atoms with E-state index in [9.17, 15) is 9.59 Å². The minimum absolute atomic E-state index is 0.108. The Hall–Kier alpha value is -2.87. The third-order valence-electron chi connectivity index (χ3n) is 6.23. The van der Waals surface area contributed by atoms with Crippen LogP contribution in [0.1, 0.15) is 34.7 Å². The van der Waals surface area contributed by atoms with Gasteiger partial charge in [0.25, 0.3) is 5.91 Å². The summed E-state index contributed by atoms with van der Waals surface area (Å²) in [5.74, 6) is -0.240. The van der Waals surface area contributed by atoms with Crippen molar-refractivity contribution in [2.45, 2.75) is 18.8 Å². The molecular formula is C27H27IN2O3. The molecule has 0 bridgehead atoms. The third kappa shape index (κ3) is 5.55. The minimum Gasteiger partial charge on any atom is -0.469 e. The van der Waals surface area contributed by atoms with Crippen molar-refractivity contribution < 1.29 is 14.3 Å². The predicted octanol–water partition coefficient (Wildman–Crippen LogP) is 5.72. The fourth-order valence-corrected chi connectivity index (χ4v) is 5.11. The summed E-state index contributed by atoms with van der Waals surface area (Å²) < 4.78 is 6.05. The van der Waals surface area contributed by atoms with E-state index in [4.69, 9.17) is 4.74 Å². The number of esters is 1. The summed E-state index contributed by atoms with van der Waals surface area (Å²) in [7, 11) is 1.46. The lowest BCUT2D eigenvalue weighted by Gasteiger charge is -2.36. The summed E-state index contributed by atoms with van der Waals surface area (Å²) in [6, 6.07) is 25.4. The van der Waals surface area contributed by atoms with Gasteiger partial charge in [-0.1, -0.05) is 42.5 Å². The number of amides is 1. The first-order valence-electron chi connectivity index (χ1n) is 11.1. The largest absolute Gasteiger partial charge is 0.469 e. The molecule has 0 spiro atoms. The molecule has 1 N–H and O–H groups in total. The molecule has 1 saturated heterocycles. The van der Waals surface area contributed by atoms with Gasteiger partial charge >= 0.3 is 5.97 Å². The summed E-state index contributed by atoms with van der Waals surface area (Å²) in [4.78, 5) is 27.4. The Labute approximate surface area is 208 Å². The normalized spacial score (nSPS) is 15.0. The summed E-state index contributed by atoms with van der Waals surface area (Å²) in [5.41, 5.74) is 3.59. The Morgan fingerprint density at radius 2 is 1.58 bits per heavy atom. The van der Waals surface area contributed by atoms with E-state index in [1.807, 2.05) is 78.9 Å². The SMILES string of the molecule is COC(=O)C(c1ccccc1)C1CCN(c2ccc(NC(=O)c3ccccc3I)cc2)CC1. The first-order valence-corrected chi connectivity index (χ1v) is 12.2. The first-order chi connectivity index (χ1) is 16.1. The molecule has 3 aromatic carbocycles. The van der Waals surface area contributed by atoms with Crippen molar-refractivity contribution in [3.8, 4) is 0 Å². The van der Waals surface area contributed by atoms with Crippen LogP contribution in [0.3, 0.4) is 0 Å². The molecule has 1 amide bonds. The molecule has 5 nitrogen and oxygen atoms in total. The molecule has 0 aromatic heterocycles. The van der Waals surface area contributed by atoms with Gasteiger partial charge in [-0.2, -0.15) is 0 Å². The maximum absolute atomic E-state index is 12.6. The number of piperidine rings is 1. The molecule has 1 atom stereocenters. The molecule has 6 heteroatoms. The molecule has 1 aliphatic rings. The van der Waals surface area contributed by atoms with Gasteiger partial charge in [-0.15, -0.1) is 0 Å². The van der Waals surface area contributed by atoms with Crippen LogP contribution in [0, 0.1) is 9.49 Å². The van der Waals surface area contributed by atoms with E-state index in [1.165, 1.54) is 7.11 Å². The van der Waals surface area contributed by atoms with Crippen LogP contribution in [0.4, 0.5) is 11.4 Å². The second kappa shape index (κ2) is 10.8. The van der Waals surface area contributed by atoms with Crippen LogP contribution in [-0.4, -0.2) is 32.1 Å². The van der Waals surface area contributed by atoms with Gasteiger partial charge in [-0.25, -0.2) is 0 Å². The maximum atomic E-state index is 12.6. The predicted molar refractivity (Wildman–Crippen MR) is 140 cm³/mol. The summed E-state index contributed by atoms with van der Waals surface area (Å²) in [5, 5.41) is 2.97. The number of benzene rings is 3. The van der Waals surface area contributed by atoms with Crippen molar-refractivity contribution in [1.29, 1.82) is 0 Å². The van der Waals surface area contributed by atoms with Crippen molar-refractivity contribution in [1.82, 2.24) is 0 Å². The number of nitrogens with one attached hydrogen (secondary N) is 1. The van der Waals surface area contributed by atoms with Gasteiger partial charge in [-0.05, 0) is 83.3 Å². The Bertz CT molecular complexity index is 1090. The number of carbonyl (C=O) groups is 2. The van der Waals surface area contributed by atoms with Crippen LogP contribution in [0.15, 0.2) is 78.9 Å². The van der Waals surface area contributed by atoms with Crippen molar-refractivity contribution in [3.63, 3.8) is 0 Å². The number of ether oxygens (including phenoxy) is 1. The monoisotopic (exact) mass is 554 g/mol. The van der Waals surface area contributed by atoms with Crippen LogP contribution in [0.2, 0.25) is 0 Å². The summed E-state index contributed by atoms with van der Waals surface area (Å²) in [6.45, 7) is 1.75. The first kappa shape index (κ1) is 23.3. The number of hydrogen-bond acceptors (Lipinski definition) is 4. The van der Waals surface area contributed by atoms with Crippen molar-refractivity contribution in [3.05, 3.63) is 93.6 Å². The van der Waals surface area contributed by atoms with E-state index in [0.29, 0.717) is 5.56 Å². The Morgan fingerprint density at radius 3 is 2.21 bits per heavy atom. The van der Waals surface area contributed by atoms with Gasteiger partial charge in [0.1, 0.15) is 0 Å². The highest BCUT2D eigenvalue weighted by Gasteiger charge is 2.33. The van der Waals surface area contributed by atoms with Gasteiger partial charge in [0.2, 0.25) is 0 Å². The van der Waals surface area contributed by atoms with E-state index in [2.05, 4.69) is 32.8 Å². The van der Waals surface area contributed by atoms with Crippen LogP contribution >= 0.6 is 22.6 Å². The van der Waals surface area contributed by atoms with Crippen LogP contribution in [0.25, 0.3) is 0 Å². The Kier molecular flexibility index (Phi) is 7.65. The van der Waals surface area contributed by atoms with Gasteiger partial charge in [-0.3, -0.25) is 9.59 Å². The fourth-order valence-electron chi connectivity index (χ4n) is 4.48. The number of hydrogen-bond donors (Lipinski definition) is 1. The van der Waals surface area contributed by atoms with Crippen molar-refractivity contribution >= 4 is 45.8 Å². The van der Waals surface area contributed by atoms with Crippen LogP contribution in [0.5, 0.6) is 0 Å². The van der Waals surface area contributed by atoms with E-state index >= 15 is 0 Å². The number of anilines is 2. The van der Waals surface area contributed by atoms with Crippen LogP contribution in [-0.2, 0) is 9.53 Å². The molecule has 0 saturated carbocycles. The zero-order valence-electron chi connectivity index (χ0n) is 18.5. The molecule has 170 valence electrons. The second-order valence-corrected chi connectivity index (χ2v) is 9.38. The average molecular weight is 554 g/mol. The molecule has 0 radical (unpaired) electrons. The molecule has 4 rings (SSSR count). The van der Waals surface area contributed by atoms with E-state index in [-0.39, 0.29) is 23.7 Å². The number of carbonyl (C=O) groups excluding carboxylic acids is 2. The molecule has 1 aliphatic heterocycles. The lowest BCUT2D eigenvalue weighted by Crippen LogP contribution is -2.37. The standard InChI is InChI=1S/C27H27IN2O3/c1-33-27(32)25(19-7-3-2-4-8-19)20-15-17-30(18-16-20)22-13-11-21(12-14-22)29-26(31)23-9-5-6-10-24(23)28/h2-14,20,25H,15-18H2,1H3,(H,29,31). The zero-order valence-corrected chi connectivity index (χ0v) is 20.7. The van der Waals surface area contributed by atoms with Gasteiger partial charge < -0.3 is 15.0 Å². The Balaban J connectivity index is 1.38. The molecule has 1 fully saturated rings. The zero-order chi connectivity index (χ0) is 23.2. The second-order valence-electron chi connectivity index (χ2n) is 8.22. The molecule has 0 aliphatic carbocycles. The van der Waals surface area contributed by atoms with E-state index in [1.54, 1.807) is 0 Å². The summed E-state index contributed by atoms with van der Waals surface area (Å²) in [6.07, 6.45) is 1.83. The minimum atomic E-state index is -0.225. The van der Waals surface area contributed by atoms with Gasteiger partial charge in [0.15, 0.2) is 0 Å². The maximum Gasteiger partial charge on any atom is 0.313 e. The highest BCUT2D eigenvalue weighted by atomic mass is 127. The lowest BCUT2D eigenvalue weighted by atomic mass is 9.80. The number of halogens is 1. The molecule has 1 heterocycles. The third-order valence-corrected chi connectivity index (χ3v) is 7.17. The average Bonchev–Trinajstić information content (AvgIpc) is 2.86. The number of methoxy groups -OCH3 is 1. The van der Waals surface area contributed by atoms with E-state index < -0.39 is 0 Å². The van der Waals surface area contributed by atoms with Crippen molar-refractivity contribution in [2.75, 3.05) is 30.4 Å². The molecular weight excluding hydrogens is 527 g/mol. The quantitative estimate of drug-likeness (QED) is 0.313. The van der Waals surface area contributed by atoms with Crippen molar-refractivity contribution in [2.24, 2.45) is 5.92 Å². The molecule has 33 heavy (non-hydrogen) atoms. The smallest absolute Gasteiger partial charge is 0.313 e. The van der Waals surface area contributed by atoms with Gasteiger partial charge in [0.05, 0.1) is 18.6 Å². The number of rotatable bonds is 6.